The van der Waals surface area contributed by atoms with Crippen molar-refractivity contribution in [2.75, 3.05) is 5.32 Å². The molecule has 3 heterocycles. The van der Waals surface area contributed by atoms with Gasteiger partial charge in [0.25, 0.3) is 0 Å². The number of anilines is 1. The molecule has 0 aliphatic rings. The van der Waals surface area contributed by atoms with Crippen molar-refractivity contribution < 1.29 is 4.79 Å². The van der Waals surface area contributed by atoms with Crippen molar-refractivity contribution in [2.45, 2.75) is 24.1 Å². The van der Waals surface area contributed by atoms with Crippen molar-refractivity contribution in [1.29, 1.82) is 5.26 Å². The SMILES string of the molecule is Cc1ccc(-c2csc3ncnc(SC(C)C(=O)Nc4c(C#N)cnn4C)c23)cc1. The summed E-state index contributed by atoms with van der Waals surface area (Å²) < 4.78 is 1.48. The van der Waals surface area contributed by atoms with E-state index in [0.717, 1.165) is 26.4 Å². The van der Waals surface area contributed by atoms with Crippen molar-refractivity contribution >= 4 is 45.0 Å². The van der Waals surface area contributed by atoms with Gasteiger partial charge >= 0.3 is 0 Å². The van der Waals surface area contributed by atoms with Gasteiger partial charge in [0.2, 0.25) is 5.91 Å². The molecule has 1 amide bonds. The van der Waals surface area contributed by atoms with Crippen molar-refractivity contribution in [3.63, 3.8) is 0 Å². The third kappa shape index (κ3) is 3.79. The molecule has 0 bridgehead atoms. The molecule has 0 saturated carbocycles. The molecule has 1 unspecified atom stereocenters. The van der Waals surface area contributed by atoms with E-state index in [-0.39, 0.29) is 5.91 Å². The zero-order chi connectivity index (χ0) is 21.3. The summed E-state index contributed by atoms with van der Waals surface area (Å²) in [5.41, 5.74) is 3.67. The lowest BCUT2D eigenvalue weighted by Gasteiger charge is -2.13. The van der Waals surface area contributed by atoms with Gasteiger partial charge in [-0.1, -0.05) is 41.6 Å². The van der Waals surface area contributed by atoms with Crippen LogP contribution in [0, 0.1) is 18.3 Å². The molecule has 7 nitrogen and oxygen atoms in total. The number of amides is 1. The number of nitrogens with one attached hydrogen (secondary N) is 1. The summed E-state index contributed by atoms with van der Waals surface area (Å²) in [5, 5.41) is 19.4. The molecule has 30 heavy (non-hydrogen) atoms. The summed E-state index contributed by atoms with van der Waals surface area (Å²) in [4.78, 5) is 22.5. The van der Waals surface area contributed by atoms with E-state index in [2.05, 4.69) is 57.0 Å². The fourth-order valence-electron chi connectivity index (χ4n) is 2.99. The number of benzene rings is 1. The highest BCUT2D eigenvalue weighted by Gasteiger charge is 2.21. The zero-order valence-corrected chi connectivity index (χ0v) is 18.2. The van der Waals surface area contributed by atoms with E-state index >= 15 is 0 Å². The third-order valence-corrected chi connectivity index (χ3v) is 6.64. The predicted octanol–water partition coefficient (Wildman–Crippen LogP) is 4.39. The molecule has 0 aliphatic carbocycles. The van der Waals surface area contributed by atoms with Gasteiger partial charge in [-0.2, -0.15) is 10.4 Å². The number of fused-ring (bicyclic) bond motifs is 1. The van der Waals surface area contributed by atoms with E-state index in [1.54, 1.807) is 18.4 Å². The number of carbonyl (C=O) groups excluding carboxylic acids is 1. The highest BCUT2D eigenvalue weighted by molar-refractivity contribution is 8.00. The largest absolute Gasteiger partial charge is 0.309 e. The first kappa shape index (κ1) is 20.1. The molecule has 3 aromatic heterocycles. The minimum absolute atomic E-state index is 0.223. The van der Waals surface area contributed by atoms with Crippen molar-refractivity contribution in [3.05, 3.63) is 53.3 Å². The number of thioether (sulfide) groups is 1. The molecule has 0 radical (unpaired) electrons. The Morgan fingerprint density at radius 2 is 2.07 bits per heavy atom. The topological polar surface area (TPSA) is 96.5 Å². The maximum absolute atomic E-state index is 12.8. The minimum Gasteiger partial charge on any atom is -0.309 e. The summed E-state index contributed by atoms with van der Waals surface area (Å²) in [6, 6.07) is 10.4. The van der Waals surface area contributed by atoms with Crippen LogP contribution in [0.25, 0.3) is 21.3 Å². The first-order valence-electron chi connectivity index (χ1n) is 9.16. The highest BCUT2D eigenvalue weighted by Crippen LogP contribution is 2.39. The van der Waals surface area contributed by atoms with Gasteiger partial charge in [-0.3, -0.25) is 9.48 Å². The number of aromatic nitrogens is 4. The van der Waals surface area contributed by atoms with E-state index in [1.165, 1.54) is 34.5 Å². The van der Waals surface area contributed by atoms with Crippen LogP contribution >= 0.6 is 23.1 Å². The minimum atomic E-state index is -0.435. The van der Waals surface area contributed by atoms with E-state index in [1.807, 2.05) is 13.0 Å². The van der Waals surface area contributed by atoms with Crippen LogP contribution < -0.4 is 5.32 Å². The number of hydrogen-bond acceptors (Lipinski definition) is 7. The van der Waals surface area contributed by atoms with Crippen LogP contribution in [-0.4, -0.2) is 30.9 Å². The molecule has 0 saturated heterocycles. The maximum atomic E-state index is 12.8. The number of nitrogens with zero attached hydrogens (tertiary/aromatic N) is 5. The molecular weight excluding hydrogens is 416 g/mol. The Labute approximate surface area is 181 Å². The first-order chi connectivity index (χ1) is 14.5. The van der Waals surface area contributed by atoms with Crippen LogP contribution in [0.1, 0.15) is 18.1 Å². The van der Waals surface area contributed by atoms with Gasteiger partial charge in [0.05, 0.1) is 16.8 Å². The van der Waals surface area contributed by atoms with E-state index in [0.29, 0.717) is 11.4 Å². The molecule has 9 heteroatoms. The fourth-order valence-corrected chi connectivity index (χ4v) is 4.90. The van der Waals surface area contributed by atoms with Gasteiger partial charge in [-0.25, -0.2) is 9.97 Å². The van der Waals surface area contributed by atoms with Gasteiger partial charge in [0.15, 0.2) is 0 Å². The maximum Gasteiger partial charge on any atom is 0.238 e. The zero-order valence-electron chi connectivity index (χ0n) is 16.6. The smallest absolute Gasteiger partial charge is 0.238 e. The Morgan fingerprint density at radius 3 is 2.80 bits per heavy atom. The van der Waals surface area contributed by atoms with Crippen LogP contribution in [0.4, 0.5) is 5.82 Å². The van der Waals surface area contributed by atoms with Crippen molar-refractivity contribution in [2.24, 2.45) is 7.05 Å². The summed E-state index contributed by atoms with van der Waals surface area (Å²) in [6.07, 6.45) is 2.96. The van der Waals surface area contributed by atoms with E-state index in [9.17, 15) is 10.1 Å². The number of rotatable bonds is 5. The summed E-state index contributed by atoms with van der Waals surface area (Å²) in [5.74, 6) is 0.164. The molecule has 4 rings (SSSR count). The fraction of sp³-hybridized carbons (Fsp3) is 0.190. The third-order valence-electron chi connectivity index (χ3n) is 4.66. The molecule has 1 atom stereocenters. The molecule has 4 aromatic rings. The Balaban J connectivity index is 1.63. The molecule has 0 spiro atoms. The number of aryl methyl sites for hydroxylation is 2. The van der Waals surface area contributed by atoms with Gasteiger partial charge in [-0.05, 0) is 19.4 Å². The molecule has 150 valence electrons. The summed E-state index contributed by atoms with van der Waals surface area (Å²) in [6.45, 7) is 3.87. The van der Waals surface area contributed by atoms with E-state index in [4.69, 9.17) is 0 Å². The first-order valence-corrected chi connectivity index (χ1v) is 10.9. The summed E-state index contributed by atoms with van der Waals surface area (Å²) in [7, 11) is 1.68. The standard InChI is InChI=1S/C21H18N6OS2/c1-12-4-6-14(7-5-12)16-10-29-20-17(16)21(24-11-23-20)30-13(2)19(28)26-18-15(8-22)9-25-27(18)3/h4-7,9-11,13H,1-3H3,(H,26,28). The average Bonchev–Trinajstić information content (AvgIpc) is 3.33. The predicted molar refractivity (Wildman–Crippen MR) is 119 cm³/mol. The molecule has 1 aromatic carbocycles. The molecular formula is C21H18N6OS2. The van der Waals surface area contributed by atoms with E-state index < -0.39 is 5.25 Å². The van der Waals surface area contributed by atoms with Gasteiger partial charge in [0, 0.05) is 18.0 Å². The van der Waals surface area contributed by atoms with Crippen LogP contribution in [-0.2, 0) is 11.8 Å². The Morgan fingerprint density at radius 1 is 1.30 bits per heavy atom. The summed E-state index contributed by atoms with van der Waals surface area (Å²) >= 11 is 2.93. The normalized spacial score (nSPS) is 11.9. The van der Waals surface area contributed by atoms with Gasteiger partial charge in [0.1, 0.15) is 33.6 Å². The van der Waals surface area contributed by atoms with Crippen LogP contribution in [0.2, 0.25) is 0 Å². The Bertz CT molecular complexity index is 1270. The lowest BCUT2D eigenvalue weighted by atomic mass is 10.1. The molecule has 0 fully saturated rings. The lowest BCUT2D eigenvalue weighted by molar-refractivity contribution is -0.115. The average molecular weight is 435 g/mol. The second-order valence-electron chi connectivity index (χ2n) is 6.77. The number of carbonyl (C=O) groups is 1. The van der Waals surface area contributed by atoms with Gasteiger partial charge < -0.3 is 5.32 Å². The molecule has 0 aliphatic heterocycles. The Hall–Kier alpha value is -3.22. The number of hydrogen-bond donors (Lipinski definition) is 1. The van der Waals surface area contributed by atoms with Crippen molar-refractivity contribution in [1.82, 2.24) is 19.7 Å². The lowest BCUT2D eigenvalue weighted by Crippen LogP contribution is -2.24. The van der Waals surface area contributed by atoms with Crippen molar-refractivity contribution in [3.8, 4) is 17.2 Å². The van der Waals surface area contributed by atoms with Gasteiger partial charge in [-0.15, -0.1) is 11.3 Å². The number of thiophene rings is 1. The number of nitriles is 1. The molecule has 1 N–H and O–H groups in total. The monoisotopic (exact) mass is 434 g/mol. The van der Waals surface area contributed by atoms with Crippen LogP contribution in [0.15, 0.2) is 47.2 Å². The van der Waals surface area contributed by atoms with Crippen LogP contribution in [0.5, 0.6) is 0 Å². The highest BCUT2D eigenvalue weighted by atomic mass is 32.2. The second-order valence-corrected chi connectivity index (χ2v) is 8.95. The Kier molecular flexibility index (Phi) is 5.53. The second kappa shape index (κ2) is 8.26. The quantitative estimate of drug-likeness (QED) is 0.370. The van der Waals surface area contributed by atoms with Crippen LogP contribution in [0.3, 0.4) is 0 Å².